The van der Waals surface area contributed by atoms with E-state index in [2.05, 4.69) is 185 Å². The van der Waals surface area contributed by atoms with E-state index in [9.17, 15) is 61.5 Å². The normalized spacial score (nSPS) is 10.7. The van der Waals surface area contributed by atoms with Gasteiger partial charge in [0.05, 0.1) is 41.3 Å². The van der Waals surface area contributed by atoms with E-state index in [1.165, 1.54) is 35.0 Å². The van der Waals surface area contributed by atoms with E-state index in [1.807, 2.05) is 0 Å². The average molecular weight is 1200 g/mol. The molecule has 0 heterocycles. The summed E-state index contributed by atoms with van der Waals surface area (Å²) in [7, 11) is 9.11. The molecule has 79 heavy (non-hydrogen) atoms. The molecule has 0 atom stereocenters. The first kappa shape index (κ1) is 62.7. The predicted molar refractivity (Wildman–Crippen MR) is 266 cm³/mol. The molecule has 0 N–H and O–H groups in total. The molecule has 0 aliphatic heterocycles. The molecule has 8 rings (SSSR count). The van der Waals surface area contributed by atoms with Crippen molar-refractivity contribution in [1.82, 2.24) is 0 Å². The van der Waals surface area contributed by atoms with Crippen molar-refractivity contribution in [3.05, 3.63) is 290 Å². The maximum absolute atomic E-state index is 13.6. The first-order valence-electron chi connectivity index (χ1n) is 22.1. The van der Waals surface area contributed by atoms with Crippen LogP contribution in [0.15, 0.2) is 145 Å². The smallest absolute Gasteiger partial charge is 0.226 e. The van der Waals surface area contributed by atoms with Crippen LogP contribution in [0.3, 0.4) is 0 Å². The van der Waals surface area contributed by atoms with Crippen LogP contribution in [0.25, 0.3) is 26.7 Å². The number of nitrogens with zero attached hydrogens (tertiary/aromatic N) is 4. The van der Waals surface area contributed by atoms with E-state index >= 15 is 0 Å². The van der Waals surface area contributed by atoms with Crippen LogP contribution in [0, 0.1) is 131 Å². The van der Waals surface area contributed by atoms with Crippen molar-refractivity contribution < 1.29 is 82.7 Å². The fourth-order valence-electron chi connectivity index (χ4n) is 6.39. The third-order valence-electron chi connectivity index (χ3n) is 10.3. The minimum Gasteiger partial charge on any atom is -0.226 e. The second-order valence-electron chi connectivity index (χ2n) is 15.7. The van der Waals surface area contributed by atoms with Crippen molar-refractivity contribution in [2.45, 2.75) is 19.8 Å². The maximum Gasteiger partial charge on any atom is 0.357 e. The fourth-order valence-corrected chi connectivity index (χ4v) is 8.61. The van der Waals surface area contributed by atoms with Gasteiger partial charge in [0.2, 0.25) is 0 Å². The summed E-state index contributed by atoms with van der Waals surface area (Å²) in [6.45, 7) is 17.5. The summed E-state index contributed by atoms with van der Waals surface area (Å²) in [5, 5.41) is 14.1. The SMILES string of the molecule is C1=C[CH+]C(=C(c2ccccc2)c2ccccc2)C=C1.CC(C)c1ccc([I+]c2ccccc2)cc1.[B]c1c(F)c(F)c(F)c(F)c1F.[B]c1c(F)c(F)c(F)c(F)c1F.[C-]#[N+]C(C#N)=c1c(F)c(F)c(=C(C#N)[N+]#[C-])c(F)c1F. The van der Waals surface area contributed by atoms with Crippen molar-refractivity contribution >= 4 is 43.6 Å². The minimum absolute atomic E-state index is 0.00394. The van der Waals surface area contributed by atoms with Crippen LogP contribution < -0.4 is 42.6 Å². The van der Waals surface area contributed by atoms with Crippen molar-refractivity contribution in [2.75, 3.05) is 0 Å². The van der Waals surface area contributed by atoms with Gasteiger partial charge < -0.3 is 0 Å². The summed E-state index contributed by atoms with van der Waals surface area (Å²) >= 11 is -0.00394. The van der Waals surface area contributed by atoms with Gasteiger partial charge >= 0.3 is 21.2 Å². The molecule has 4 radical (unpaired) electrons. The maximum atomic E-state index is 13.6. The van der Waals surface area contributed by atoms with Gasteiger partial charge in [0.15, 0.2) is 88.6 Å². The molecule has 0 saturated heterocycles. The van der Waals surface area contributed by atoms with E-state index in [0.717, 1.165) is 12.1 Å². The zero-order valence-electron chi connectivity index (χ0n) is 40.5. The number of nitriles is 2. The van der Waals surface area contributed by atoms with Crippen molar-refractivity contribution in [3.63, 3.8) is 0 Å². The van der Waals surface area contributed by atoms with Gasteiger partial charge in [0, 0.05) is 41.9 Å². The highest BCUT2D eigenvalue weighted by Gasteiger charge is 2.25. The van der Waals surface area contributed by atoms with Crippen LogP contribution in [0.5, 0.6) is 0 Å². The Labute approximate surface area is 456 Å². The number of hydrogen-bond acceptors (Lipinski definition) is 2. The van der Waals surface area contributed by atoms with Gasteiger partial charge in [-0.05, 0) is 70.9 Å². The van der Waals surface area contributed by atoms with Crippen LogP contribution in [-0.2, 0) is 0 Å². The standard InChI is InChI=1S/C19H15.C15H16I.C12F4N4.2C6BF5/c1-4-10-16(11-5-1)19(17-12-6-2-7-13-17)18-14-8-3-9-15-18;1-12(2)13-8-10-15(11-9-13)16-14-6-4-3-5-7-14;1-19-5(3-17)7-9(13)11(15)8(6(4-18)20-2)12(16)10(7)14;2*7-1-2(8)4(10)6(12)5(11)3(1)9/h1-15H;3-12H,1-2H3;;;/q2*+1;;;. The molecule has 0 saturated carbocycles. The third kappa shape index (κ3) is 15.7. The van der Waals surface area contributed by atoms with Gasteiger partial charge in [0.25, 0.3) is 11.4 Å². The zero-order valence-corrected chi connectivity index (χ0v) is 42.7. The van der Waals surface area contributed by atoms with Crippen molar-refractivity contribution in [1.29, 1.82) is 10.5 Å². The highest BCUT2D eigenvalue weighted by Crippen LogP contribution is 2.30. The van der Waals surface area contributed by atoms with E-state index in [0.29, 0.717) is 5.92 Å². The highest BCUT2D eigenvalue weighted by atomic mass is 127. The summed E-state index contributed by atoms with van der Waals surface area (Å²) in [6, 6.07) is 43.2. The quantitative estimate of drug-likeness (QED) is 0.0431. The van der Waals surface area contributed by atoms with Gasteiger partial charge in [-0.15, -0.1) is 0 Å². The van der Waals surface area contributed by atoms with Gasteiger partial charge in [-0.25, -0.2) is 81.7 Å². The summed E-state index contributed by atoms with van der Waals surface area (Å²) in [5.41, 5.74) is 1.34. The van der Waals surface area contributed by atoms with Crippen LogP contribution in [-0.4, -0.2) is 15.7 Å². The van der Waals surface area contributed by atoms with E-state index in [1.54, 1.807) is 0 Å². The molecule has 0 amide bonds. The molecule has 7 aromatic carbocycles. The lowest BCUT2D eigenvalue weighted by atomic mass is 9.90. The Kier molecular flexibility index (Phi) is 23.6. The molecule has 0 bridgehead atoms. The molecule has 0 spiro atoms. The predicted octanol–water partition coefficient (Wildman–Crippen LogP) is 9.45. The van der Waals surface area contributed by atoms with E-state index in [-0.39, 0.29) is 21.2 Å². The topological polar surface area (TPSA) is 56.3 Å². The van der Waals surface area contributed by atoms with Crippen molar-refractivity contribution in [3.8, 4) is 12.1 Å². The number of benzene rings is 7. The summed E-state index contributed by atoms with van der Waals surface area (Å²) in [4.78, 5) is 4.91. The minimum atomic E-state index is -2.21. The van der Waals surface area contributed by atoms with E-state index in [4.69, 9.17) is 23.7 Å². The number of allylic oxidation sites excluding steroid dienone is 5. The molecule has 392 valence electrons. The Morgan fingerprint density at radius 3 is 1.10 bits per heavy atom. The number of hydrogen-bond donors (Lipinski definition) is 0. The summed E-state index contributed by atoms with van der Waals surface area (Å²) in [5.74, 6) is -28.0. The largest absolute Gasteiger partial charge is 0.357 e. The molecule has 1 aliphatic carbocycles. The second kappa shape index (κ2) is 29.7. The van der Waals surface area contributed by atoms with Gasteiger partial charge in [-0.2, -0.15) is 0 Å². The number of halogens is 15. The Bertz CT molecular complexity index is 3300. The number of rotatable bonds is 5. The molecular formula is C58H31B2F14IN4+2. The Morgan fingerprint density at radius 2 is 0.797 bits per heavy atom. The average Bonchev–Trinajstić information content (AvgIpc) is 3.56. The Hall–Kier alpha value is -8.79. The van der Waals surface area contributed by atoms with Gasteiger partial charge in [0.1, 0.15) is 21.3 Å². The Morgan fingerprint density at radius 1 is 0.468 bits per heavy atom. The lowest BCUT2D eigenvalue weighted by Crippen LogP contribution is -3.61. The van der Waals surface area contributed by atoms with Crippen molar-refractivity contribution in [2.24, 2.45) is 0 Å². The molecule has 0 fully saturated rings. The van der Waals surface area contributed by atoms with E-state index < -0.39 is 114 Å². The molecule has 0 unspecified atom stereocenters. The van der Waals surface area contributed by atoms with Crippen LogP contribution in [0.1, 0.15) is 36.5 Å². The molecular weight excluding hydrogens is 1170 g/mol. The van der Waals surface area contributed by atoms with Crippen LogP contribution >= 0.6 is 0 Å². The Balaban J connectivity index is 0.000000216. The monoisotopic (exact) mass is 1200 g/mol. The summed E-state index contributed by atoms with van der Waals surface area (Å²) < 4.78 is 180. The molecule has 7 aromatic rings. The zero-order chi connectivity index (χ0) is 58.7. The van der Waals surface area contributed by atoms with Gasteiger partial charge in [-0.3, -0.25) is 0 Å². The fraction of sp³-hybridized carbons (Fsp3) is 0.0517. The molecule has 0 aromatic heterocycles. The third-order valence-corrected chi connectivity index (χ3v) is 13.0. The first-order chi connectivity index (χ1) is 37.6. The summed E-state index contributed by atoms with van der Waals surface area (Å²) in [6.07, 6.45) is 10.5. The lowest BCUT2D eigenvalue weighted by Gasteiger charge is -2.08. The van der Waals surface area contributed by atoms with Crippen LogP contribution in [0.4, 0.5) is 61.5 Å². The molecule has 1 aliphatic rings. The van der Waals surface area contributed by atoms with Crippen LogP contribution in [0.2, 0.25) is 0 Å². The lowest BCUT2D eigenvalue weighted by molar-refractivity contribution is -0.597. The second-order valence-corrected chi connectivity index (χ2v) is 18.7. The van der Waals surface area contributed by atoms with Gasteiger partial charge in [-0.1, -0.05) is 80.6 Å². The molecule has 4 nitrogen and oxygen atoms in total. The first-order valence-corrected chi connectivity index (χ1v) is 24.3. The molecule has 21 heteroatoms. The highest BCUT2D eigenvalue weighted by molar-refractivity contribution is 6.33.